The zero-order valence-electron chi connectivity index (χ0n) is 8.69. The summed E-state index contributed by atoms with van der Waals surface area (Å²) in [6, 6.07) is 3.95. The van der Waals surface area contributed by atoms with E-state index >= 15 is 0 Å². The molecule has 16 heavy (non-hydrogen) atoms. The predicted octanol–water partition coefficient (Wildman–Crippen LogP) is 2.12. The Hall–Kier alpha value is -1.35. The maximum atomic E-state index is 11.7. The predicted molar refractivity (Wildman–Crippen MR) is 61.2 cm³/mol. The Morgan fingerprint density at radius 1 is 1.44 bits per heavy atom. The molecule has 0 aromatic carbocycles. The third-order valence-corrected chi connectivity index (χ3v) is 3.41. The standard InChI is InChI=1S/C12H11ClN2O/c13-11-5-4-8-9(14-11)6-7-15-10(8)2-1-3-12(15)16/h1,3-5,10H,2,6-7H2. The van der Waals surface area contributed by atoms with Gasteiger partial charge in [0.1, 0.15) is 5.15 Å². The summed E-state index contributed by atoms with van der Waals surface area (Å²) in [5.41, 5.74) is 2.19. The fourth-order valence-electron chi connectivity index (χ4n) is 2.45. The molecule has 82 valence electrons. The van der Waals surface area contributed by atoms with Crippen LogP contribution in [0, 0.1) is 0 Å². The first-order valence-corrected chi connectivity index (χ1v) is 5.76. The zero-order chi connectivity index (χ0) is 11.1. The quantitative estimate of drug-likeness (QED) is 0.645. The number of hydrogen-bond acceptors (Lipinski definition) is 2. The van der Waals surface area contributed by atoms with E-state index in [1.807, 2.05) is 17.0 Å². The second-order valence-corrected chi connectivity index (χ2v) is 4.49. The van der Waals surface area contributed by atoms with E-state index in [2.05, 4.69) is 4.98 Å². The van der Waals surface area contributed by atoms with Crippen molar-refractivity contribution in [1.29, 1.82) is 0 Å². The van der Waals surface area contributed by atoms with Crippen LogP contribution in [0.3, 0.4) is 0 Å². The van der Waals surface area contributed by atoms with Crippen molar-refractivity contribution < 1.29 is 4.79 Å². The Morgan fingerprint density at radius 3 is 3.19 bits per heavy atom. The summed E-state index contributed by atoms with van der Waals surface area (Å²) >= 11 is 5.87. The van der Waals surface area contributed by atoms with Gasteiger partial charge in [-0.3, -0.25) is 4.79 Å². The van der Waals surface area contributed by atoms with Crippen LogP contribution in [0.25, 0.3) is 0 Å². The Bertz CT molecular complexity index is 484. The van der Waals surface area contributed by atoms with E-state index in [9.17, 15) is 4.79 Å². The molecule has 0 N–H and O–H groups in total. The minimum absolute atomic E-state index is 0.108. The largest absolute Gasteiger partial charge is 0.331 e. The number of pyridine rings is 1. The molecule has 3 rings (SSSR count). The molecule has 0 saturated heterocycles. The Labute approximate surface area is 98.7 Å². The zero-order valence-corrected chi connectivity index (χ0v) is 9.44. The van der Waals surface area contributed by atoms with Gasteiger partial charge in [-0.25, -0.2) is 4.98 Å². The number of fused-ring (bicyclic) bond motifs is 3. The van der Waals surface area contributed by atoms with Crippen molar-refractivity contribution in [2.75, 3.05) is 6.54 Å². The van der Waals surface area contributed by atoms with Crippen LogP contribution in [-0.4, -0.2) is 22.3 Å². The molecule has 3 heterocycles. The summed E-state index contributed by atoms with van der Waals surface area (Å²) in [5.74, 6) is 0.108. The van der Waals surface area contributed by atoms with E-state index in [0.29, 0.717) is 5.15 Å². The number of carbonyl (C=O) groups is 1. The highest BCUT2D eigenvalue weighted by molar-refractivity contribution is 6.29. The van der Waals surface area contributed by atoms with E-state index < -0.39 is 0 Å². The number of hydrogen-bond donors (Lipinski definition) is 0. The highest BCUT2D eigenvalue weighted by atomic mass is 35.5. The average molecular weight is 235 g/mol. The number of nitrogens with zero attached hydrogens (tertiary/aromatic N) is 2. The first kappa shape index (κ1) is 9.85. The molecule has 1 atom stereocenters. The topological polar surface area (TPSA) is 33.2 Å². The number of amides is 1. The molecule has 0 bridgehead atoms. The maximum Gasteiger partial charge on any atom is 0.246 e. The highest BCUT2D eigenvalue weighted by Crippen LogP contribution is 2.34. The van der Waals surface area contributed by atoms with Gasteiger partial charge in [-0.05, 0) is 24.1 Å². The van der Waals surface area contributed by atoms with Gasteiger partial charge < -0.3 is 4.90 Å². The molecule has 1 amide bonds. The Morgan fingerprint density at radius 2 is 2.31 bits per heavy atom. The Balaban J connectivity index is 2.06. The van der Waals surface area contributed by atoms with Crippen LogP contribution in [0.2, 0.25) is 5.15 Å². The molecule has 1 aromatic heterocycles. The lowest BCUT2D eigenvalue weighted by Gasteiger charge is -2.37. The van der Waals surface area contributed by atoms with Crippen LogP contribution < -0.4 is 0 Å². The first-order valence-electron chi connectivity index (χ1n) is 5.38. The number of rotatable bonds is 0. The van der Waals surface area contributed by atoms with Crippen LogP contribution in [-0.2, 0) is 11.2 Å². The van der Waals surface area contributed by atoms with E-state index in [1.54, 1.807) is 12.1 Å². The molecule has 1 unspecified atom stereocenters. The van der Waals surface area contributed by atoms with E-state index in [-0.39, 0.29) is 11.9 Å². The molecule has 4 heteroatoms. The Kier molecular flexibility index (Phi) is 2.21. The van der Waals surface area contributed by atoms with E-state index in [4.69, 9.17) is 11.6 Å². The molecule has 2 aliphatic rings. The van der Waals surface area contributed by atoms with E-state index in [0.717, 1.165) is 30.6 Å². The minimum atomic E-state index is 0.108. The van der Waals surface area contributed by atoms with Gasteiger partial charge in [0.2, 0.25) is 5.91 Å². The number of halogens is 1. The van der Waals surface area contributed by atoms with Gasteiger partial charge in [-0.15, -0.1) is 0 Å². The molecule has 1 aromatic rings. The summed E-state index contributed by atoms with van der Waals surface area (Å²) in [7, 11) is 0. The normalized spacial score (nSPS) is 22.9. The molecule has 0 aliphatic carbocycles. The number of aromatic nitrogens is 1. The lowest BCUT2D eigenvalue weighted by Crippen LogP contribution is -2.41. The van der Waals surface area contributed by atoms with Crippen LogP contribution in [0.5, 0.6) is 0 Å². The lowest BCUT2D eigenvalue weighted by molar-refractivity contribution is -0.129. The summed E-state index contributed by atoms with van der Waals surface area (Å²) in [6.45, 7) is 0.744. The van der Waals surface area contributed by atoms with Crippen LogP contribution in [0.1, 0.15) is 23.7 Å². The minimum Gasteiger partial charge on any atom is -0.331 e. The lowest BCUT2D eigenvalue weighted by atomic mass is 9.92. The second-order valence-electron chi connectivity index (χ2n) is 4.11. The van der Waals surface area contributed by atoms with Crippen molar-refractivity contribution in [3.05, 3.63) is 40.7 Å². The van der Waals surface area contributed by atoms with Crippen molar-refractivity contribution in [2.45, 2.75) is 18.9 Å². The van der Waals surface area contributed by atoms with Crippen LogP contribution in [0.15, 0.2) is 24.3 Å². The molecule has 0 saturated carbocycles. The fraction of sp³-hybridized carbons (Fsp3) is 0.333. The summed E-state index contributed by atoms with van der Waals surface area (Å²) in [4.78, 5) is 17.9. The van der Waals surface area contributed by atoms with Crippen LogP contribution in [0.4, 0.5) is 0 Å². The highest BCUT2D eigenvalue weighted by Gasteiger charge is 2.31. The van der Waals surface area contributed by atoms with Gasteiger partial charge in [0, 0.05) is 18.7 Å². The van der Waals surface area contributed by atoms with Crippen molar-refractivity contribution in [3.8, 4) is 0 Å². The smallest absolute Gasteiger partial charge is 0.246 e. The maximum absolute atomic E-state index is 11.7. The molecule has 0 fully saturated rings. The first-order chi connectivity index (χ1) is 7.75. The second kappa shape index (κ2) is 3.59. The molecule has 0 radical (unpaired) electrons. The van der Waals surface area contributed by atoms with E-state index in [1.165, 1.54) is 0 Å². The van der Waals surface area contributed by atoms with Gasteiger partial charge in [-0.2, -0.15) is 0 Å². The molecule has 2 aliphatic heterocycles. The van der Waals surface area contributed by atoms with Gasteiger partial charge in [0.25, 0.3) is 0 Å². The molecular formula is C12H11ClN2O. The van der Waals surface area contributed by atoms with Crippen molar-refractivity contribution in [2.24, 2.45) is 0 Å². The summed E-state index contributed by atoms with van der Waals surface area (Å²) in [5, 5.41) is 0.532. The number of carbonyl (C=O) groups excluding carboxylic acids is 1. The summed E-state index contributed by atoms with van der Waals surface area (Å²) in [6.07, 6.45) is 5.27. The van der Waals surface area contributed by atoms with Gasteiger partial charge in [0.15, 0.2) is 0 Å². The van der Waals surface area contributed by atoms with Gasteiger partial charge in [0.05, 0.1) is 6.04 Å². The van der Waals surface area contributed by atoms with Crippen LogP contribution >= 0.6 is 11.6 Å². The van der Waals surface area contributed by atoms with Crippen molar-refractivity contribution >= 4 is 17.5 Å². The monoisotopic (exact) mass is 234 g/mol. The molecule has 3 nitrogen and oxygen atoms in total. The SMILES string of the molecule is O=C1C=CCC2c3ccc(Cl)nc3CCN12. The molecule has 0 spiro atoms. The van der Waals surface area contributed by atoms with Gasteiger partial charge >= 0.3 is 0 Å². The van der Waals surface area contributed by atoms with Crippen molar-refractivity contribution in [1.82, 2.24) is 9.88 Å². The fourth-order valence-corrected chi connectivity index (χ4v) is 2.62. The third kappa shape index (κ3) is 1.43. The summed E-state index contributed by atoms with van der Waals surface area (Å²) < 4.78 is 0. The molecular weight excluding hydrogens is 224 g/mol. The van der Waals surface area contributed by atoms with Crippen molar-refractivity contribution in [3.63, 3.8) is 0 Å². The third-order valence-electron chi connectivity index (χ3n) is 3.20. The van der Waals surface area contributed by atoms with Gasteiger partial charge in [-0.1, -0.05) is 23.7 Å². The average Bonchev–Trinajstić information content (AvgIpc) is 2.28.